The van der Waals surface area contributed by atoms with Gasteiger partial charge in [0.2, 0.25) is 0 Å². The molecule has 0 spiro atoms. The molecule has 1 amide bonds. The molecule has 1 unspecified atom stereocenters. The van der Waals surface area contributed by atoms with Crippen LogP contribution < -0.4 is 15.4 Å². The Morgan fingerprint density at radius 3 is 2.62 bits per heavy atom. The maximum Gasteiger partial charge on any atom is 0.251 e. The van der Waals surface area contributed by atoms with Crippen LogP contribution in [0.5, 0.6) is 5.75 Å². The lowest BCUT2D eigenvalue weighted by atomic mass is 10.1. The monoisotopic (exact) mass is 348 g/mol. The van der Waals surface area contributed by atoms with Crippen LogP contribution in [-0.4, -0.2) is 25.5 Å². The maximum atomic E-state index is 12.1. The number of likely N-dealkylation sites (N-methyl/N-ethyl adjacent to an activating group) is 1. The van der Waals surface area contributed by atoms with Gasteiger partial charge in [0, 0.05) is 18.2 Å². The first-order valence-electron chi connectivity index (χ1n) is 7.82. The number of carbonyl (C=O) groups is 1. The molecule has 0 heterocycles. The van der Waals surface area contributed by atoms with Crippen molar-refractivity contribution in [1.29, 1.82) is 0 Å². The van der Waals surface area contributed by atoms with Crippen molar-refractivity contribution in [2.75, 3.05) is 13.6 Å². The van der Waals surface area contributed by atoms with Gasteiger partial charge in [0.15, 0.2) is 0 Å². The molecule has 2 aromatic carbocycles. The first kappa shape index (κ1) is 20.0. The minimum atomic E-state index is -0.0897. The maximum absolute atomic E-state index is 12.1. The van der Waals surface area contributed by atoms with E-state index in [1.54, 1.807) is 12.1 Å². The highest BCUT2D eigenvalue weighted by Gasteiger charge is 2.08. The first-order valence-corrected chi connectivity index (χ1v) is 7.82. The molecule has 130 valence electrons. The number of hydrogen-bond acceptors (Lipinski definition) is 3. The summed E-state index contributed by atoms with van der Waals surface area (Å²) in [4.78, 5) is 12.1. The molecule has 5 heteroatoms. The first-order chi connectivity index (χ1) is 11.1. The van der Waals surface area contributed by atoms with E-state index in [4.69, 9.17) is 4.74 Å². The van der Waals surface area contributed by atoms with Gasteiger partial charge in [-0.3, -0.25) is 4.79 Å². The molecule has 0 aliphatic carbocycles. The molecule has 0 aliphatic rings. The largest absolute Gasteiger partial charge is 0.489 e. The number of nitrogens with one attached hydrogen (secondary N) is 2. The minimum absolute atomic E-state index is 0. The van der Waals surface area contributed by atoms with Crippen molar-refractivity contribution in [3.63, 3.8) is 0 Å². The number of aryl methyl sites for hydroxylation is 1. The number of ether oxygens (including phenoxy) is 1. The minimum Gasteiger partial charge on any atom is -0.489 e. The summed E-state index contributed by atoms with van der Waals surface area (Å²) >= 11 is 0. The topological polar surface area (TPSA) is 50.4 Å². The van der Waals surface area contributed by atoms with Gasteiger partial charge >= 0.3 is 0 Å². The third-order valence-electron chi connectivity index (χ3n) is 3.65. The molecule has 4 nitrogen and oxygen atoms in total. The third kappa shape index (κ3) is 6.22. The molecule has 0 saturated heterocycles. The van der Waals surface area contributed by atoms with Gasteiger partial charge in [0.05, 0.1) is 0 Å². The highest BCUT2D eigenvalue weighted by Crippen LogP contribution is 2.15. The normalized spacial score (nSPS) is 11.3. The van der Waals surface area contributed by atoms with Crippen LogP contribution in [0.1, 0.15) is 28.4 Å². The quantitative estimate of drug-likeness (QED) is 0.807. The molecule has 0 radical (unpaired) electrons. The van der Waals surface area contributed by atoms with Gasteiger partial charge in [-0.15, -0.1) is 12.4 Å². The summed E-state index contributed by atoms with van der Waals surface area (Å²) in [5, 5.41) is 5.99. The molecular formula is C19H25ClN2O2. The fraction of sp³-hybridized carbons (Fsp3) is 0.316. The number of carbonyl (C=O) groups excluding carboxylic acids is 1. The van der Waals surface area contributed by atoms with Gasteiger partial charge in [-0.25, -0.2) is 0 Å². The molecule has 0 bridgehead atoms. The smallest absolute Gasteiger partial charge is 0.251 e. The SMILES string of the molecule is CNC(C)CNC(=O)c1cccc(OCc2cccc(C)c2)c1.Cl. The average Bonchev–Trinajstić information content (AvgIpc) is 2.58. The lowest BCUT2D eigenvalue weighted by Crippen LogP contribution is -2.37. The Balaban J connectivity index is 0.00000288. The van der Waals surface area contributed by atoms with Crippen LogP contribution in [0.2, 0.25) is 0 Å². The Kier molecular flexibility index (Phi) is 8.30. The van der Waals surface area contributed by atoms with E-state index in [9.17, 15) is 4.79 Å². The van der Waals surface area contributed by atoms with Gasteiger partial charge in [0.25, 0.3) is 5.91 Å². The third-order valence-corrected chi connectivity index (χ3v) is 3.65. The number of amides is 1. The molecule has 2 rings (SSSR count). The van der Waals surface area contributed by atoms with E-state index >= 15 is 0 Å². The van der Waals surface area contributed by atoms with Crippen molar-refractivity contribution in [1.82, 2.24) is 10.6 Å². The van der Waals surface area contributed by atoms with Gasteiger partial charge in [-0.2, -0.15) is 0 Å². The lowest BCUT2D eigenvalue weighted by molar-refractivity contribution is 0.0950. The Bertz CT molecular complexity index is 661. The molecule has 0 fully saturated rings. The van der Waals surface area contributed by atoms with Crippen molar-refractivity contribution in [2.24, 2.45) is 0 Å². The van der Waals surface area contributed by atoms with Gasteiger partial charge in [-0.05, 0) is 44.7 Å². The van der Waals surface area contributed by atoms with Crippen LogP contribution in [0.25, 0.3) is 0 Å². The van der Waals surface area contributed by atoms with E-state index in [2.05, 4.69) is 29.7 Å². The summed E-state index contributed by atoms with van der Waals surface area (Å²) in [6.45, 7) is 5.15. The van der Waals surface area contributed by atoms with E-state index in [1.807, 2.05) is 38.2 Å². The Labute approximate surface area is 150 Å². The summed E-state index contributed by atoms with van der Waals surface area (Å²) in [5.41, 5.74) is 2.93. The fourth-order valence-corrected chi connectivity index (χ4v) is 2.15. The van der Waals surface area contributed by atoms with Gasteiger partial charge in [-0.1, -0.05) is 35.9 Å². The van der Waals surface area contributed by atoms with E-state index in [0.29, 0.717) is 24.5 Å². The number of halogens is 1. The second kappa shape index (κ2) is 9.96. The summed E-state index contributed by atoms with van der Waals surface area (Å²) in [6, 6.07) is 15.7. The van der Waals surface area contributed by atoms with Gasteiger partial charge in [0.1, 0.15) is 12.4 Å². The van der Waals surface area contributed by atoms with Crippen LogP contribution in [-0.2, 0) is 6.61 Å². The number of rotatable bonds is 7. The standard InChI is InChI=1S/C19H24N2O2.ClH/c1-14-6-4-7-16(10-14)13-23-18-9-5-8-17(11-18)19(22)21-12-15(2)20-3;/h4-11,15,20H,12-13H2,1-3H3,(H,21,22);1H. The highest BCUT2D eigenvalue weighted by molar-refractivity contribution is 5.94. The van der Waals surface area contributed by atoms with Crippen LogP contribution in [0.4, 0.5) is 0 Å². The fourth-order valence-electron chi connectivity index (χ4n) is 2.15. The molecule has 0 aliphatic heterocycles. The highest BCUT2D eigenvalue weighted by atomic mass is 35.5. The second-order valence-electron chi connectivity index (χ2n) is 5.71. The van der Waals surface area contributed by atoms with Crippen molar-refractivity contribution in [2.45, 2.75) is 26.5 Å². The summed E-state index contributed by atoms with van der Waals surface area (Å²) in [7, 11) is 1.87. The van der Waals surface area contributed by atoms with Crippen molar-refractivity contribution in [3.05, 3.63) is 65.2 Å². The Morgan fingerprint density at radius 1 is 1.17 bits per heavy atom. The molecule has 0 aromatic heterocycles. The number of hydrogen-bond donors (Lipinski definition) is 2. The van der Waals surface area contributed by atoms with Crippen molar-refractivity contribution in [3.8, 4) is 5.75 Å². The Hall–Kier alpha value is -2.04. The average molecular weight is 349 g/mol. The summed E-state index contributed by atoms with van der Waals surface area (Å²) < 4.78 is 5.79. The van der Waals surface area contributed by atoms with E-state index in [1.165, 1.54) is 5.56 Å². The second-order valence-corrected chi connectivity index (χ2v) is 5.71. The van der Waals surface area contributed by atoms with Crippen LogP contribution >= 0.6 is 12.4 Å². The van der Waals surface area contributed by atoms with Crippen LogP contribution in [0.15, 0.2) is 48.5 Å². The van der Waals surface area contributed by atoms with Gasteiger partial charge < -0.3 is 15.4 Å². The zero-order chi connectivity index (χ0) is 16.7. The number of benzene rings is 2. The van der Waals surface area contributed by atoms with Crippen molar-refractivity contribution < 1.29 is 9.53 Å². The van der Waals surface area contributed by atoms with Crippen LogP contribution in [0, 0.1) is 6.92 Å². The molecule has 1 atom stereocenters. The summed E-state index contributed by atoms with van der Waals surface area (Å²) in [5.74, 6) is 0.605. The molecule has 2 N–H and O–H groups in total. The Morgan fingerprint density at radius 2 is 1.92 bits per heavy atom. The van der Waals surface area contributed by atoms with Crippen LogP contribution in [0.3, 0.4) is 0 Å². The van der Waals surface area contributed by atoms with E-state index in [0.717, 1.165) is 5.56 Å². The van der Waals surface area contributed by atoms with Crippen molar-refractivity contribution >= 4 is 18.3 Å². The predicted octanol–water partition coefficient (Wildman–Crippen LogP) is 3.33. The molecule has 2 aromatic rings. The van der Waals surface area contributed by atoms with E-state index < -0.39 is 0 Å². The lowest BCUT2D eigenvalue weighted by Gasteiger charge is -2.12. The molecule has 24 heavy (non-hydrogen) atoms. The summed E-state index contributed by atoms with van der Waals surface area (Å²) in [6.07, 6.45) is 0. The zero-order valence-corrected chi connectivity index (χ0v) is 15.2. The predicted molar refractivity (Wildman–Crippen MR) is 100 cm³/mol. The molecule has 0 saturated carbocycles. The zero-order valence-electron chi connectivity index (χ0n) is 14.3. The van der Waals surface area contributed by atoms with E-state index in [-0.39, 0.29) is 24.4 Å². The molecular weight excluding hydrogens is 324 g/mol.